The highest BCUT2D eigenvalue weighted by atomic mass is 32.2. The Morgan fingerprint density at radius 2 is 1.66 bits per heavy atom. The van der Waals surface area contributed by atoms with Crippen molar-refractivity contribution >= 4 is 27.5 Å². The Hall–Kier alpha value is -2.74. The van der Waals surface area contributed by atoms with Gasteiger partial charge in [-0.1, -0.05) is 12.1 Å². The fourth-order valence-electron chi connectivity index (χ4n) is 4.73. The zero-order valence-corrected chi connectivity index (χ0v) is 16.8. The number of anilines is 1. The SMILES string of the molecule is CN(C(=O)NS1(=O)=NC(=O)c2ccccc21)c1c2c(c(F)c3c1CCC3)CCC2. The number of halogens is 1. The van der Waals surface area contributed by atoms with Gasteiger partial charge in [-0.3, -0.25) is 9.69 Å². The lowest BCUT2D eigenvalue weighted by molar-refractivity contribution is 0.101. The number of nitrogens with one attached hydrogen (secondary N) is 1. The average Bonchev–Trinajstić information content (AvgIpc) is 3.42. The van der Waals surface area contributed by atoms with Gasteiger partial charge in [-0.05, 0) is 72.9 Å². The van der Waals surface area contributed by atoms with Crippen molar-refractivity contribution in [3.8, 4) is 0 Å². The molecule has 6 nitrogen and oxygen atoms in total. The summed E-state index contributed by atoms with van der Waals surface area (Å²) in [5.74, 6) is -0.712. The lowest BCUT2D eigenvalue weighted by Crippen LogP contribution is -2.41. The van der Waals surface area contributed by atoms with E-state index in [-0.39, 0.29) is 16.3 Å². The average molecular weight is 413 g/mol. The third-order valence-corrected chi connectivity index (χ3v) is 7.86. The van der Waals surface area contributed by atoms with Crippen LogP contribution in [0, 0.1) is 5.82 Å². The van der Waals surface area contributed by atoms with Gasteiger partial charge in [0.15, 0.2) is 9.92 Å². The highest BCUT2D eigenvalue weighted by molar-refractivity contribution is 7.93. The zero-order chi connectivity index (χ0) is 20.3. The van der Waals surface area contributed by atoms with Crippen molar-refractivity contribution in [2.75, 3.05) is 11.9 Å². The molecular formula is C21H20FN3O3S. The van der Waals surface area contributed by atoms with E-state index >= 15 is 0 Å². The van der Waals surface area contributed by atoms with Crippen molar-refractivity contribution in [3.05, 3.63) is 57.9 Å². The van der Waals surface area contributed by atoms with E-state index in [1.54, 1.807) is 31.3 Å². The highest BCUT2D eigenvalue weighted by Crippen LogP contribution is 2.42. The number of hydrogen-bond donors (Lipinski definition) is 1. The molecule has 2 aromatic rings. The van der Waals surface area contributed by atoms with Gasteiger partial charge in [0, 0.05) is 7.05 Å². The molecule has 0 saturated heterocycles. The maximum absolute atomic E-state index is 14.9. The minimum Gasteiger partial charge on any atom is -0.296 e. The van der Waals surface area contributed by atoms with Gasteiger partial charge in [0.05, 0.1) is 16.1 Å². The second-order valence-corrected chi connectivity index (χ2v) is 9.55. The minimum absolute atomic E-state index is 0.112. The molecule has 0 fully saturated rings. The van der Waals surface area contributed by atoms with Crippen molar-refractivity contribution in [3.63, 3.8) is 0 Å². The quantitative estimate of drug-likeness (QED) is 0.818. The molecule has 3 aliphatic rings. The molecule has 1 heterocycles. The van der Waals surface area contributed by atoms with Crippen LogP contribution in [-0.2, 0) is 35.6 Å². The summed E-state index contributed by atoms with van der Waals surface area (Å²) in [6.45, 7) is 0. The second-order valence-electron chi connectivity index (χ2n) is 7.67. The van der Waals surface area contributed by atoms with Crippen LogP contribution in [0.25, 0.3) is 0 Å². The number of amides is 3. The van der Waals surface area contributed by atoms with Gasteiger partial charge in [0.1, 0.15) is 5.82 Å². The Kier molecular flexibility index (Phi) is 4.03. The Labute approximate surface area is 168 Å². The van der Waals surface area contributed by atoms with Crippen molar-refractivity contribution in [1.82, 2.24) is 4.72 Å². The summed E-state index contributed by atoms with van der Waals surface area (Å²) in [6, 6.07) is 5.79. The van der Waals surface area contributed by atoms with Crippen LogP contribution in [0.5, 0.6) is 0 Å². The van der Waals surface area contributed by atoms with Gasteiger partial charge >= 0.3 is 6.03 Å². The van der Waals surface area contributed by atoms with E-state index in [1.807, 2.05) is 0 Å². The highest BCUT2D eigenvalue weighted by Gasteiger charge is 2.35. The smallest absolute Gasteiger partial charge is 0.296 e. The summed E-state index contributed by atoms with van der Waals surface area (Å²) < 4.78 is 34.4. The fourth-order valence-corrected chi connectivity index (χ4v) is 6.41. The monoisotopic (exact) mass is 413 g/mol. The summed E-state index contributed by atoms with van der Waals surface area (Å²) in [5, 5.41) is 0. The molecule has 2 aliphatic carbocycles. The normalized spacial score (nSPS) is 21.4. The number of benzene rings is 2. The standard InChI is InChI=1S/C21H20FN3O3S/c1-25(19-14-9-4-7-12(14)18(22)13-8-5-10-15(13)19)21(27)24-29(28)17-11-3-2-6-16(17)20(26)23-29/h2-3,6,11H,4-5,7-10H2,1H3,(H,23,24,26,27,28). The summed E-state index contributed by atoms with van der Waals surface area (Å²) in [7, 11) is -1.79. The van der Waals surface area contributed by atoms with Crippen LogP contribution in [0.4, 0.5) is 14.9 Å². The molecular weight excluding hydrogens is 393 g/mol. The van der Waals surface area contributed by atoms with E-state index in [1.165, 1.54) is 4.90 Å². The third kappa shape index (κ3) is 2.62. The molecule has 5 rings (SSSR count). The van der Waals surface area contributed by atoms with Crippen LogP contribution in [0.15, 0.2) is 33.5 Å². The van der Waals surface area contributed by atoms with Crippen LogP contribution < -0.4 is 9.62 Å². The molecule has 1 unspecified atom stereocenters. The number of rotatable bonds is 2. The van der Waals surface area contributed by atoms with Crippen LogP contribution in [0.1, 0.15) is 45.5 Å². The van der Waals surface area contributed by atoms with Crippen LogP contribution >= 0.6 is 0 Å². The van der Waals surface area contributed by atoms with Crippen LogP contribution in [0.2, 0.25) is 0 Å². The predicted molar refractivity (Wildman–Crippen MR) is 107 cm³/mol. The molecule has 1 N–H and O–H groups in total. The first-order valence-corrected chi connectivity index (χ1v) is 11.2. The number of carbonyl (C=O) groups excluding carboxylic acids is 2. The van der Waals surface area contributed by atoms with Gasteiger partial charge in [-0.2, -0.15) is 0 Å². The Morgan fingerprint density at radius 3 is 2.31 bits per heavy atom. The lowest BCUT2D eigenvalue weighted by Gasteiger charge is -2.25. The van der Waals surface area contributed by atoms with Crippen molar-refractivity contribution in [1.29, 1.82) is 0 Å². The summed E-state index contributed by atoms with van der Waals surface area (Å²) in [5.41, 5.74) is 4.12. The minimum atomic E-state index is -3.39. The molecule has 0 spiro atoms. The Balaban J connectivity index is 1.55. The van der Waals surface area contributed by atoms with Crippen molar-refractivity contribution in [2.24, 2.45) is 4.36 Å². The fraction of sp³-hybridized carbons (Fsp3) is 0.333. The molecule has 0 bridgehead atoms. The maximum atomic E-state index is 14.9. The van der Waals surface area contributed by atoms with E-state index < -0.39 is 21.9 Å². The maximum Gasteiger partial charge on any atom is 0.334 e. The molecule has 0 aromatic heterocycles. The first kappa shape index (κ1) is 18.3. The number of nitrogens with zero attached hydrogens (tertiary/aromatic N) is 2. The molecule has 3 amide bonds. The lowest BCUT2D eigenvalue weighted by atomic mass is 9.97. The van der Waals surface area contributed by atoms with Crippen LogP contribution in [0.3, 0.4) is 0 Å². The van der Waals surface area contributed by atoms with E-state index in [0.29, 0.717) is 36.8 Å². The first-order valence-electron chi connectivity index (χ1n) is 9.71. The molecule has 8 heteroatoms. The van der Waals surface area contributed by atoms with Gasteiger partial charge < -0.3 is 0 Å². The second kappa shape index (κ2) is 6.38. The number of urea groups is 1. The summed E-state index contributed by atoms with van der Waals surface area (Å²) >= 11 is 0. The first-order chi connectivity index (χ1) is 13.9. The largest absolute Gasteiger partial charge is 0.334 e. The number of hydrogen-bond acceptors (Lipinski definition) is 3. The Morgan fingerprint density at radius 1 is 1.07 bits per heavy atom. The zero-order valence-electron chi connectivity index (χ0n) is 16.0. The predicted octanol–water partition coefficient (Wildman–Crippen LogP) is 3.54. The van der Waals surface area contributed by atoms with Gasteiger partial charge in [-0.25, -0.2) is 18.1 Å². The molecule has 29 heavy (non-hydrogen) atoms. The molecule has 0 radical (unpaired) electrons. The summed E-state index contributed by atoms with van der Waals surface area (Å²) in [4.78, 5) is 26.8. The number of carbonyl (C=O) groups is 2. The molecule has 2 aromatic carbocycles. The Bertz CT molecular complexity index is 1180. The number of fused-ring (bicyclic) bond motifs is 3. The molecule has 1 atom stereocenters. The summed E-state index contributed by atoms with van der Waals surface area (Å²) in [6.07, 6.45) is 4.48. The van der Waals surface area contributed by atoms with E-state index in [2.05, 4.69) is 9.08 Å². The molecule has 150 valence electrons. The van der Waals surface area contributed by atoms with E-state index in [4.69, 9.17) is 0 Å². The van der Waals surface area contributed by atoms with Gasteiger partial charge in [-0.15, -0.1) is 4.36 Å². The van der Waals surface area contributed by atoms with Crippen molar-refractivity contribution in [2.45, 2.75) is 43.4 Å². The van der Waals surface area contributed by atoms with E-state index in [0.717, 1.165) is 29.7 Å². The molecule has 0 saturated carbocycles. The van der Waals surface area contributed by atoms with Gasteiger partial charge in [0.2, 0.25) is 0 Å². The molecule has 1 aliphatic heterocycles. The topological polar surface area (TPSA) is 78.8 Å². The van der Waals surface area contributed by atoms with Crippen LogP contribution in [-0.4, -0.2) is 23.2 Å². The van der Waals surface area contributed by atoms with E-state index in [9.17, 15) is 18.2 Å². The third-order valence-electron chi connectivity index (χ3n) is 6.03. The van der Waals surface area contributed by atoms with Gasteiger partial charge in [0.25, 0.3) is 5.91 Å². The van der Waals surface area contributed by atoms with Crippen molar-refractivity contribution < 1.29 is 18.2 Å².